The van der Waals surface area contributed by atoms with Gasteiger partial charge in [0.25, 0.3) is 0 Å². The number of hydrogen-bond donors (Lipinski definition) is 2. The van der Waals surface area contributed by atoms with Crippen LogP contribution in [0.15, 0.2) is 0 Å². The Morgan fingerprint density at radius 1 is 1.11 bits per heavy atom. The third-order valence-corrected chi connectivity index (χ3v) is 4.06. The molecule has 0 unspecified atom stereocenters. The molecule has 0 radical (unpaired) electrons. The van der Waals surface area contributed by atoms with E-state index >= 15 is 0 Å². The van der Waals surface area contributed by atoms with Gasteiger partial charge in [0.1, 0.15) is 6.54 Å². The van der Waals surface area contributed by atoms with Crippen LogP contribution in [0.5, 0.6) is 0 Å². The monoisotopic (exact) mass is 268 g/mol. The lowest BCUT2D eigenvalue weighted by Gasteiger charge is -2.33. The van der Waals surface area contributed by atoms with E-state index < -0.39 is 5.97 Å². The van der Waals surface area contributed by atoms with Gasteiger partial charge >= 0.3 is 5.97 Å². The summed E-state index contributed by atoms with van der Waals surface area (Å²) in [6.07, 6.45) is 8.72. The summed E-state index contributed by atoms with van der Waals surface area (Å²) in [5.74, 6) is -0.386. The second-order valence-corrected chi connectivity index (χ2v) is 5.84. The Balaban J connectivity index is 1.81. The zero-order valence-electron chi connectivity index (χ0n) is 11.4. The highest BCUT2D eigenvalue weighted by Gasteiger charge is 2.29. The maximum absolute atomic E-state index is 11.8. The van der Waals surface area contributed by atoms with Crippen LogP contribution >= 0.6 is 0 Å². The Bertz CT molecular complexity index is 323. The number of rotatable bonds is 7. The molecular formula is C14H24N2O3. The van der Waals surface area contributed by atoms with E-state index in [0.717, 1.165) is 12.5 Å². The number of carboxylic acid groups (broad SMARTS) is 1. The van der Waals surface area contributed by atoms with Gasteiger partial charge in [-0.15, -0.1) is 0 Å². The summed E-state index contributed by atoms with van der Waals surface area (Å²) in [5.41, 5.74) is 0. The van der Waals surface area contributed by atoms with Gasteiger partial charge in [-0.1, -0.05) is 19.3 Å². The zero-order valence-corrected chi connectivity index (χ0v) is 11.4. The largest absolute Gasteiger partial charge is 0.480 e. The summed E-state index contributed by atoms with van der Waals surface area (Å²) in [5, 5.41) is 11.0. The number of hydrogen-bond acceptors (Lipinski definition) is 3. The lowest BCUT2D eigenvalue weighted by Crippen LogP contribution is -2.45. The van der Waals surface area contributed by atoms with Crippen molar-refractivity contribution in [1.29, 1.82) is 0 Å². The van der Waals surface area contributed by atoms with E-state index in [0.29, 0.717) is 12.6 Å². The molecule has 0 atom stereocenters. The first kappa shape index (κ1) is 14.3. The number of amides is 1. The molecule has 108 valence electrons. The van der Waals surface area contributed by atoms with Gasteiger partial charge in [-0.05, 0) is 31.6 Å². The van der Waals surface area contributed by atoms with Crippen molar-refractivity contribution >= 4 is 11.9 Å². The zero-order chi connectivity index (χ0) is 13.7. The van der Waals surface area contributed by atoms with Crippen molar-refractivity contribution in [1.82, 2.24) is 10.2 Å². The average molecular weight is 268 g/mol. The molecule has 0 saturated heterocycles. The highest BCUT2D eigenvalue weighted by atomic mass is 16.4. The van der Waals surface area contributed by atoms with Crippen LogP contribution in [0.2, 0.25) is 0 Å². The molecule has 0 bridgehead atoms. The summed E-state index contributed by atoms with van der Waals surface area (Å²) in [7, 11) is 0. The molecule has 5 heteroatoms. The van der Waals surface area contributed by atoms with Crippen LogP contribution in [-0.4, -0.2) is 47.6 Å². The van der Waals surface area contributed by atoms with Gasteiger partial charge in [0, 0.05) is 12.6 Å². The number of aliphatic carboxylic acids is 1. The Kier molecular flexibility index (Phi) is 5.19. The third kappa shape index (κ3) is 5.19. The third-order valence-electron chi connectivity index (χ3n) is 4.06. The second-order valence-electron chi connectivity index (χ2n) is 5.84. The molecule has 0 spiro atoms. The summed E-state index contributed by atoms with van der Waals surface area (Å²) < 4.78 is 0. The number of carboxylic acids is 1. The molecule has 2 rings (SSSR count). The quantitative estimate of drug-likeness (QED) is 0.728. The minimum absolute atomic E-state index is 0.159. The first-order chi connectivity index (χ1) is 9.15. The molecule has 2 N–H and O–H groups in total. The molecule has 0 aromatic carbocycles. The molecule has 0 aromatic rings. The van der Waals surface area contributed by atoms with Gasteiger partial charge in [-0.25, -0.2) is 0 Å². The fraction of sp³-hybridized carbons (Fsp3) is 0.857. The number of carbonyl (C=O) groups is 2. The van der Waals surface area contributed by atoms with Crippen LogP contribution in [-0.2, 0) is 9.59 Å². The predicted molar refractivity (Wildman–Crippen MR) is 71.8 cm³/mol. The number of nitrogens with zero attached hydrogens (tertiary/aromatic N) is 1. The molecule has 5 nitrogen and oxygen atoms in total. The van der Waals surface area contributed by atoms with Crippen LogP contribution in [0.1, 0.15) is 44.9 Å². The normalized spacial score (nSPS) is 20.5. The highest BCUT2D eigenvalue weighted by molar-refractivity contribution is 5.82. The minimum atomic E-state index is -0.986. The standard InChI is InChI=1S/C14H24N2O3/c17-13(15-8-14(18)19)10-16(9-11-6-7-11)12-4-2-1-3-5-12/h11-12H,1-10H2,(H,15,17)(H,18,19). The Morgan fingerprint density at radius 3 is 2.37 bits per heavy atom. The maximum Gasteiger partial charge on any atom is 0.322 e. The lowest BCUT2D eigenvalue weighted by molar-refractivity contribution is -0.138. The maximum atomic E-state index is 11.8. The first-order valence-corrected chi connectivity index (χ1v) is 7.37. The van der Waals surface area contributed by atoms with Gasteiger partial charge in [-0.2, -0.15) is 0 Å². The molecule has 2 fully saturated rings. The Morgan fingerprint density at radius 2 is 1.79 bits per heavy atom. The van der Waals surface area contributed by atoms with E-state index in [1.807, 2.05) is 0 Å². The molecule has 2 saturated carbocycles. The van der Waals surface area contributed by atoms with Gasteiger partial charge in [-0.3, -0.25) is 14.5 Å². The average Bonchev–Trinajstić information content (AvgIpc) is 3.21. The predicted octanol–water partition coefficient (Wildman–Crippen LogP) is 1.23. The smallest absolute Gasteiger partial charge is 0.322 e. The number of nitrogens with one attached hydrogen (secondary N) is 1. The molecule has 1 amide bonds. The van der Waals surface area contributed by atoms with Crippen molar-refractivity contribution in [3.05, 3.63) is 0 Å². The molecule has 2 aliphatic rings. The van der Waals surface area contributed by atoms with E-state index in [1.165, 1.54) is 44.9 Å². The van der Waals surface area contributed by atoms with Crippen molar-refractivity contribution in [3.8, 4) is 0 Å². The van der Waals surface area contributed by atoms with Crippen LogP contribution in [0, 0.1) is 5.92 Å². The SMILES string of the molecule is O=C(O)CNC(=O)CN(CC1CC1)C1CCCCC1. The Labute approximate surface area is 114 Å². The Hall–Kier alpha value is -1.10. The van der Waals surface area contributed by atoms with Gasteiger partial charge in [0.15, 0.2) is 0 Å². The molecular weight excluding hydrogens is 244 g/mol. The van der Waals surface area contributed by atoms with E-state index in [2.05, 4.69) is 10.2 Å². The summed E-state index contributed by atoms with van der Waals surface area (Å²) >= 11 is 0. The van der Waals surface area contributed by atoms with E-state index in [9.17, 15) is 9.59 Å². The molecule has 2 aliphatic carbocycles. The number of carbonyl (C=O) groups excluding carboxylic acids is 1. The van der Waals surface area contributed by atoms with Gasteiger partial charge in [0.05, 0.1) is 6.54 Å². The van der Waals surface area contributed by atoms with E-state index in [4.69, 9.17) is 5.11 Å². The van der Waals surface area contributed by atoms with Crippen LogP contribution in [0.25, 0.3) is 0 Å². The van der Waals surface area contributed by atoms with Crippen molar-refractivity contribution in [3.63, 3.8) is 0 Å². The van der Waals surface area contributed by atoms with E-state index in [1.54, 1.807) is 0 Å². The first-order valence-electron chi connectivity index (χ1n) is 7.37. The van der Waals surface area contributed by atoms with Crippen LogP contribution < -0.4 is 5.32 Å². The van der Waals surface area contributed by atoms with Gasteiger partial charge < -0.3 is 10.4 Å². The molecule has 0 aliphatic heterocycles. The van der Waals surface area contributed by atoms with Crippen LogP contribution in [0.3, 0.4) is 0 Å². The fourth-order valence-corrected chi connectivity index (χ4v) is 2.84. The molecule has 19 heavy (non-hydrogen) atoms. The molecule has 0 heterocycles. The van der Waals surface area contributed by atoms with E-state index in [-0.39, 0.29) is 12.5 Å². The molecule has 0 aromatic heterocycles. The summed E-state index contributed by atoms with van der Waals surface area (Å²) in [6, 6.07) is 0.518. The van der Waals surface area contributed by atoms with Crippen molar-refractivity contribution in [2.45, 2.75) is 51.0 Å². The minimum Gasteiger partial charge on any atom is -0.480 e. The van der Waals surface area contributed by atoms with Crippen LogP contribution in [0.4, 0.5) is 0 Å². The fourth-order valence-electron chi connectivity index (χ4n) is 2.84. The summed E-state index contributed by atoms with van der Waals surface area (Å²) in [4.78, 5) is 24.5. The summed E-state index contributed by atoms with van der Waals surface area (Å²) in [6.45, 7) is 1.08. The van der Waals surface area contributed by atoms with Crippen molar-refractivity contribution < 1.29 is 14.7 Å². The van der Waals surface area contributed by atoms with Crippen molar-refractivity contribution in [2.24, 2.45) is 5.92 Å². The van der Waals surface area contributed by atoms with Gasteiger partial charge in [0.2, 0.25) is 5.91 Å². The topological polar surface area (TPSA) is 69.6 Å². The second kappa shape index (κ2) is 6.89. The highest BCUT2D eigenvalue weighted by Crippen LogP contribution is 2.32. The lowest BCUT2D eigenvalue weighted by atomic mass is 9.94. The van der Waals surface area contributed by atoms with Crippen molar-refractivity contribution in [2.75, 3.05) is 19.6 Å².